The molecule has 8 heteroatoms. The van der Waals surface area contributed by atoms with Gasteiger partial charge < -0.3 is 4.90 Å². The fourth-order valence-electron chi connectivity index (χ4n) is 2.19. The van der Waals surface area contributed by atoms with Gasteiger partial charge in [-0.3, -0.25) is 4.79 Å². The molecule has 128 valence electrons. The maximum Gasteiger partial charge on any atom is 0.257 e. The highest BCUT2D eigenvalue weighted by atomic mass is 35.5. The molecule has 0 aromatic heterocycles. The first kappa shape index (κ1) is 18.4. The summed E-state index contributed by atoms with van der Waals surface area (Å²) in [5, 5.41) is 5.31. The highest BCUT2D eigenvalue weighted by molar-refractivity contribution is 7.89. The SMILES string of the molecule is CC(c1ccc(S(N)(=O)=O)cc1)N(C)C(=O)c1cc(Cl)ccc1F. The number of rotatable bonds is 4. The van der Waals surface area contributed by atoms with Crippen LogP contribution in [0.1, 0.15) is 28.9 Å². The molecule has 2 N–H and O–H groups in total. The van der Waals surface area contributed by atoms with Gasteiger partial charge in [0.05, 0.1) is 16.5 Å². The van der Waals surface area contributed by atoms with E-state index in [4.69, 9.17) is 16.7 Å². The van der Waals surface area contributed by atoms with Gasteiger partial charge in [0.1, 0.15) is 5.82 Å². The van der Waals surface area contributed by atoms with Crippen LogP contribution in [0.25, 0.3) is 0 Å². The standard InChI is InChI=1S/C16H16ClFN2O3S/c1-10(11-3-6-13(7-4-11)24(19,22)23)20(2)16(21)14-9-12(17)5-8-15(14)18/h3-10H,1-2H3,(H2,19,22,23). The topological polar surface area (TPSA) is 80.5 Å². The van der Waals surface area contributed by atoms with Gasteiger partial charge in [0.2, 0.25) is 10.0 Å². The fourth-order valence-corrected chi connectivity index (χ4v) is 2.87. The van der Waals surface area contributed by atoms with Crippen LogP contribution in [0.4, 0.5) is 4.39 Å². The van der Waals surface area contributed by atoms with Gasteiger partial charge in [-0.1, -0.05) is 23.7 Å². The second-order valence-electron chi connectivity index (χ2n) is 5.33. The Hall–Kier alpha value is -1.96. The Morgan fingerprint density at radius 3 is 2.33 bits per heavy atom. The van der Waals surface area contributed by atoms with Gasteiger partial charge in [-0.2, -0.15) is 0 Å². The van der Waals surface area contributed by atoms with Crippen molar-refractivity contribution in [3.05, 3.63) is 64.4 Å². The van der Waals surface area contributed by atoms with Crippen molar-refractivity contribution < 1.29 is 17.6 Å². The molecule has 2 aromatic carbocycles. The van der Waals surface area contributed by atoms with E-state index in [1.165, 1.54) is 36.2 Å². The zero-order valence-corrected chi connectivity index (χ0v) is 14.6. The first-order valence-electron chi connectivity index (χ1n) is 6.96. The van der Waals surface area contributed by atoms with E-state index in [9.17, 15) is 17.6 Å². The van der Waals surface area contributed by atoms with E-state index in [0.29, 0.717) is 5.56 Å². The Morgan fingerprint density at radius 2 is 1.79 bits per heavy atom. The molecular formula is C16H16ClFN2O3S. The Kier molecular flexibility index (Phi) is 5.27. The van der Waals surface area contributed by atoms with Gasteiger partial charge >= 0.3 is 0 Å². The highest BCUT2D eigenvalue weighted by Gasteiger charge is 2.22. The number of benzene rings is 2. The summed E-state index contributed by atoms with van der Waals surface area (Å²) in [5.74, 6) is -1.19. The maximum absolute atomic E-state index is 13.8. The van der Waals surface area contributed by atoms with E-state index in [0.717, 1.165) is 6.07 Å². The lowest BCUT2D eigenvalue weighted by molar-refractivity contribution is 0.0738. The van der Waals surface area contributed by atoms with Gasteiger partial charge in [-0.15, -0.1) is 0 Å². The van der Waals surface area contributed by atoms with E-state index in [2.05, 4.69) is 0 Å². The highest BCUT2D eigenvalue weighted by Crippen LogP contribution is 2.24. The third-order valence-corrected chi connectivity index (χ3v) is 4.92. The van der Waals surface area contributed by atoms with E-state index in [-0.39, 0.29) is 15.5 Å². The summed E-state index contributed by atoms with van der Waals surface area (Å²) < 4.78 is 36.4. The lowest BCUT2D eigenvalue weighted by atomic mass is 10.1. The fraction of sp³-hybridized carbons (Fsp3) is 0.188. The first-order valence-corrected chi connectivity index (χ1v) is 8.88. The van der Waals surface area contributed by atoms with Gasteiger partial charge in [0.15, 0.2) is 0 Å². The number of hydrogen-bond donors (Lipinski definition) is 1. The van der Waals surface area contributed by atoms with Crippen LogP contribution in [0, 0.1) is 5.82 Å². The number of carbonyl (C=O) groups is 1. The molecule has 2 aromatic rings. The van der Waals surface area contributed by atoms with Gasteiger partial charge in [0, 0.05) is 12.1 Å². The summed E-state index contributed by atoms with van der Waals surface area (Å²) in [7, 11) is -2.25. The third-order valence-electron chi connectivity index (χ3n) is 3.75. The number of nitrogens with two attached hydrogens (primary N) is 1. The molecule has 0 fully saturated rings. The second kappa shape index (κ2) is 6.88. The number of halogens is 2. The molecule has 0 saturated carbocycles. The van der Waals surface area contributed by atoms with Crippen molar-refractivity contribution in [1.82, 2.24) is 4.90 Å². The zero-order valence-electron chi connectivity index (χ0n) is 13.0. The van der Waals surface area contributed by atoms with Crippen LogP contribution in [0.3, 0.4) is 0 Å². The number of hydrogen-bond acceptors (Lipinski definition) is 3. The summed E-state index contributed by atoms with van der Waals surface area (Å²) in [6.07, 6.45) is 0. The Balaban J connectivity index is 2.27. The van der Waals surface area contributed by atoms with Crippen LogP contribution in [-0.4, -0.2) is 26.3 Å². The van der Waals surface area contributed by atoms with Crippen molar-refractivity contribution in [2.24, 2.45) is 5.14 Å². The molecule has 0 saturated heterocycles. The molecule has 5 nitrogen and oxygen atoms in total. The van der Waals surface area contributed by atoms with Crippen molar-refractivity contribution in [2.75, 3.05) is 7.05 Å². The summed E-state index contributed by atoms with van der Waals surface area (Å²) in [4.78, 5) is 13.8. The minimum absolute atomic E-state index is 0.0201. The van der Waals surface area contributed by atoms with E-state index >= 15 is 0 Å². The lowest BCUT2D eigenvalue weighted by Gasteiger charge is -2.25. The summed E-state index contributed by atoms with van der Waals surface area (Å²) in [5.41, 5.74) is 0.554. The predicted molar refractivity (Wildman–Crippen MR) is 89.7 cm³/mol. The van der Waals surface area contributed by atoms with Crippen LogP contribution in [0.15, 0.2) is 47.4 Å². The predicted octanol–water partition coefficient (Wildman–Crippen LogP) is 2.96. The Bertz CT molecular complexity index is 869. The molecule has 0 bridgehead atoms. The van der Waals surface area contributed by atoms with Crippen molar-refractivity contribution in [3.8, 4) is 0 Å². The van der Waals surface area contributed by atoms with Crippen LogP contribution in [0.5, 0.6) is 0 Å². The molecule has 0 aliphatic carbocycles. The third kappa shape index (κ3) is 3.92. The molecule has 0 radical (unpaired) electrons. The molecule has 0 spiro atoms. The van der Waals surface area contributed by atoms with E-state index in [1.807, 2.05) is 0 Å². The van der Waals surface area contributed by atoms with E-state index in [1.54, 1.807) is 19.1 Å². The average molecular weight is 371 g/mol. The van der Waals surface area contributed by atoms with Crippen molar-refractivity contribution >= 4 is 27.5 Å². The number of sulfonamides is 1. The molecule has 1 amide bonds. The maximum atomic E-state index is 13.8. The lowest BCUT2D eigenvalue weighted by Crippen LogP contribution is -2.30. The monoisotopic (exact) mass is 370 g/mol. The van der Waals surface area contributed by atoms with Crippen LogP contribution in [-0.2, 0) is 10.0 Å². The first-order chi connectivity index (χ1) is 11.1. The molecule has 0 aliphatic rings. The second-order valence-corrected chi connectivity index (χ2v) is 7.33. The van der Waals surface area contributed by atoms with Crippen LogP contribution >= 0.6 is 11.6 Å². The number of primary sulfonamides is 1. The van der Waals surface area contributed by atoms with Crippen molar-refractivity contribution in [3.63, 3.8) is 0 Å². The number of amides is 1. The Morgan fingerprint density at radius 1 is 1.21 bits per heavy atom. The van der Waals surface area contributed by atoms with Crippen molar-refractivity contribution in [2.45, 2.75) is 17.9 Å². The van der Waals surface area contributed by atoms with Crippen LogP contribution < -0.4 is 5.14 Å². The molecule has 0 heterocycles. The quantitative estimate of drug-likeness (QED) is 0.898. The number of carbonyl (C=O) groups excluding carboxylic acids is 1. The van der Waals surface area contributed by atoms with Crippen molar-refractivity contribution in [1.29, 1.82) is 0 Å². The summed E-state index contributed by atoms with van der Waals surface area (Å²) in [6.45, 7) is 1.74. The molecule has 0 aliphatic heterocycles. The molecule has 2 rings (SSSR count). The average Bonchev–Trinajstić information content (AvgIpc) is 2.54. The minimum atomic E-state index is -3.78. The van der Waals surface area contributed by atoms with Gasteiger partial charge in [0.25, 0.3) is 5.91 Å². The van der Waals surface area contributed by atoms with E-state index < -0.39 is 27.8 Å². The largest absolute Gasteiger partial charge is 0.335 e. The zero-order chi connectivity index (χ0) is 18.1. The minimum Gasteiger partial charge on any atom is -0.335 e. The smallest absolute Gasteiger partial charge is 0.257 e. The normalized spacial score (nSPS) is 12.7. The van der Waals surface area contributed by atoms with Gasteiger partial charge in [-0.05, 0) is 42.8 Å². The van der Waals surface area contributed by atoms with Crippen LogP contribution in [0.2, 0.25) is 5.02 Å². The molecule has 1 atom stereocenters. The molecule has 24 heavy (non-hydrogen) atoms. The molecular weight excluding hydrogens is 355 g/mol. The summed E-state index contributed by atoms with van der Waals surface area (Å²) in [6, 6.07) is 9.19. The van der Waals surface area contributed by atoms with Gasteiger partial charge in [-0.25, -0.2) is 17.9 Å². The number of nitrogens with zero attached hydrogens (tertiary/aromatic N) is 1. The molecule has 1 unspecified atom stereocenters. The Labute approximate surface area is 144 Å². The summed E-state index contributed by atoms with van der Waals surface area (Å²) >= 11 is 5.82.